The van der Waals surface area contributed by atoms with Crippen molar-refractivity contribution in [2.45, 2.75) is 32.1 Å². The SMILES string of the molecule is Cl.O=C(CC1CCc2nc[nH]c2C1)NCCc1ccc(Cl)cc1. The van der Waals surface area contributed by atoms with E-state index in [1.807, 2.05) is 24.3 Å². The standard InChI is InChI=1S/C17H20ClN3O.ClH/c18-14-4-1-12(2-5-14)7-8-19-17(22)10-13-3-6-15-16(9-13)21-11-20-15;/h1-2,4-5,11,13H,3,6-10H2,(H,19,22)(H,20,21);1H. The first-order chi connectivity index (χ1) is 10.7. The topological polar surface area (TPSA) is 57.8 Å². The third kappa shape index (κ3) is 4.98. The molecule has 1 aliphatic rings. The molecule has 124 valence electrons. The van der Waals surface area contributed by atoms with Crippen molar-refractivity contribution < 1.29 is 4.79 Å². The number of hydrogen-bond acceptors (Lipinski definition) is 2. The zero-order chi connectivity index (χ0) is 15.4. The van der Waals surface area contributed by atoms with Crippen molar-refractivity contribution >= 4 is 29.9 Å². The van der Waals surface area contributed by atoms with Gasteiger partial charge in [0, 0.05) is 23.7 Å². The molecule has 0 spiro atoms. The Kier molecular flexibility index (Phi) is 6.48. The Morgan fingerprint density at radius 3 is 2.91 bits per heavy atom. The summed E-state index contributed by atoms with van der Waals surface area (Å²) in [6, 6.07) is 7.75. The first kappa shape index (κ1) is 17.8. The van der Waals surface area contributed by atoms with E-state index in [4.69, 9.17) is 11.6 Å². The van der Waals surface area contributed by atoms with Crippen molar-refractivity contribution in [3.8, 4) is 0 Å². The van der Waals surface area contributed by atoms with E-state index in [0.29, 0.717) is 18.9 Å². The van der Waals surface area contributed by atoms with Gasteiger partial charge in [0.05, 0.1) is 12.0 Å². The second-order valence-corrected chi connectivity index (χ2v) is 6.30. The predicted molar refractivity (Wildman–Crippen MR) is 94.1 cm³/mol. The number of benzene rings is 1. The Balaban J connectivity index is 0.00000192. The molecule has 6 heteroatoms. The highest BCUT2D eigenvalue weighted by molar-refractivity contribution is 6.30. The Hall–Kier alpha value is -1.52. The molecule has 23 heavy (non-hydrogen) atoms. The number of halogens is 2. The van der Waals surface area contributed by atoms with Crippen LogP contribution in [0.4, 0.5) is 0 Å². The number of amides is 1. The number of rotatable bonds is 5. The van der Waals surface area contributed by atoms with Gasteiger partial charge in [0.25, 0.3) is 0 Å². The molecule has 1 aliphatic carbocycles. The summed E-state index contributed by atoms with van der Waals surface area (Å²) in [6.45, 7) is 0.669. The predicted octanol–water partition coefficient (Wildman–Crippen LogP) is 3.34. The largest absolute Gasteiger partial charge is 0.356 e. The Labute approximate surface area is 147 Å². The van der Waals surface area contributed by atoms with Gasteiger partial charge in [0.1, 0.15) is 0 Å². The fourth-order valence-corrected chi connectivity index (χ4v) is 3.10. The maximum Gasteiger partial charge on any atom is 0.220 e. The van der Waals surface area contributed by atoms with Crippen LogP contribution in [0, 0.1) is 5.92 Å². The average Bonchev–Trinajstić information content (AvgIpc) is 2.97. The molecule has 0 saturated heterocycles. The van der Waals surface area contributed by atoms with Gasteiger partial charge in [-0.15, -0.1) is 12.4 Å². The van der Waals surface area contributed by atoms with E-state index in [2.05, 4.69) is 15.3 Å². The lowest BCUT2D eigenvalue weighted by Crippen LogP contribution is -2.29. The van der Waals surface area contributed by atoms with Crippen LogP contribution < -0.4 is 5.32 Å². The van der Waals surface area contributed by atoms with Crippen LogP contribution >= 0.6 is 24.0 Å². The summed E-state index contributed by atoms with van der Waals surface area (Å²) >= 11 is 5.86. The molecule has 2 aromatic rings. The number of imidazole rings is 1. The Morgan fingerprint density at radius 2 is 2.13 bits per heavy atom. The van der Waals surface area contributed by atoms with Gasteiger partial charge in [-0.05, 0) is 49.3 Å². The molecule has 1 aromatic heterocycles. The van der Waals surface area contributed by atoms with Crippen molar-refractivity contribution in [3.05, 3.63) is 52.6 Å². The number of carbonyl (C=O) groups excluding carboxylic acids is 1. The van der Waals surface area contributed by atoms with Gasteiger partial charge in [-0.25, -0.2) is 4.98 Å². The quantitative estimate of drug-likeness (QED) is 0.865. The molecule has 0 radical (unpaired) electrons. The number of hydrogen-bond donors (Lipinski definition) is 2. The molecule has 1 aromatic carbocycles. The minimum absolute atomic E-state index is 0. The number of fused-ring (bicyclic) bond motifs is 1. The van der Waals surface area contributed by atoms with Crippen molar-refractivity contribution in [3.63, 3.8) is 0 Å². The number of H-pyrrole nitrogens is 1. The summed E-state index contributed by atoms with van der Waals surface area (Å²) in [6.07, 6.45) is 6.13. The van der Waals surface area contributed by atoms with Crippen LogP contribution in [0.15, 0.2) is 30.6 Å². The molecule has 2 N–H and O–H groups in total. The lowest BCUT2D eigenvalue weighted by Gasteiger charge is -2.20. The maximum atomic E-state index is 12.0. The van der Waals surface area contributed by atoms with Gasteiger partial charge in [0.15, 0.2) is 0 Å². The zero-order valence-electron chi connectivity index (χ0n) is 12.8. The van der Waals surface area contributed by atoms with E-state index in [0.717, 1.165) is 30.7 Å². The van der Waals surface area contributed by atoms with Crippen LogP contribution in [-0.2, 0) is 24.1 Å². The maximum absolute atomic E-state index is 12.0. The molecule has 4 nitrogen and oxygen atoms in total. The summed E-state index contributed by atoms with van der Waals surface area (Å²) in [5.41, 5.74) is 3.55. The molecule has 0 bridgehead atoms. The summed E-state index contributed by atoms with van der Waals surface area (Å²) in [4.78, 5) is 19.5. The number of nitrogens with one attached hydrogen (secondary N) is 2. The van der Waals surface area contributed by atoms with Crippen molar-refractivity contribution in [2.75, 3.05) is 6.54 Å². The molecule has 1 heterocycles. The van der Waals surface area contributed by atoms with E-state index in [-0.39, 0.29) is 18.3 Å². The zero-order valence-corrected chi connectivity index (χ0v) is 14.4. The molecular weight excluding hydrogens is 333 g/mol. The van der Waals surface area contributed by atoms with Crippen LogP contribution in [0.3, 0.4) is 0 Å². The molecular formula is C17H21Cl2N3O. The minimum atomic E-state index is 0. The van der Waals surface area contributed by atoms with Gasteiger partial charge in [-0.2, -0.15) is 0 Å². The van der Waals surface area contributed by atoms with E-state index in [1.165, 1.54) is 17.0 Å². The number of aromatic nitrogens is 2. The minimum Gasteiger partial charge on any atom is -0.356 e. The number of aromatic amines is 1. The van der Waals surface area contributed by atoms with Crippen LogP contribution in [0.2, 0.25) is 5.02 Å². The third-order valence-electron chi connectivity index (χ3n) is 4.21. The Morgan fingerprint density at radius 1 is 1.35 bits per heavy atom. The lowest BCUT2D eigenvalue weighted by molar-refractivity contribution is -0.122. The molecule has 1 atom stereocenters. The monoisotopic (exact) mass is 353 g/mol. The molecule has 3 rings (SSSR count). The second kappa shape index (κ2) is 8.37. The van der Waals surface area contributed by atoms with Crippen LogP contribution in [0.5, 0.6) is 0 Å². The summed E-state index contributed by atoms with van der Waals surface area (Å²) in [7, 11) is 0. The van der Waals surface area contributed by atoms with Crippen molar-refractivity contribution in [1.29, 1.82) is 0 Å². The fraction of sp³-hybridized carbons (Fsp3) is 0.412. The van der Waals surface area contributed by atoms with Gasteiger partial charge in [-0.1, -0.05) is 23.7 Å². The van der Waals surface area contributed by atoms with Gasteiger partial charge in [-0.3, -0.25) is 4.79 Å². The summed E-state index contributed by atoms with van der Waals surface area (Å²) < 4.78 is 0. The normalized spacial score (nSPS) is 16.3. The highest BCUT2D eigenvalue weighted by Crippen LogP contribution is 2.25. The first-order valence-corrected chi connectivity index (χ1v) is 8.11. The van der Waals surface area contributed by atoms with Crippen molar-refractivity contribution in [1.82, 2.24) is 15.3 Å². The fourth-order valence-electron chi connectivity index (χ4n) is 2.98. The third-order valence-corrected chi connectivity index (χ3v) is 4.46. The summed E-state index contributed by atoms with van der Waals surface area (Å²) in [5.74, 6) is 0.561. The van der Waals surface area contributed by atoms with Gasteiger partial charge in [0.2, 0.25) is 5.91 Å². The molecule has 0 saturated carbocycles. The van der Waals surface area contributed by atoms with E-state index in [9.17, 15) is 4.79 Å². The van der Waals surface area contributed by atoms with E-state index < -0.39 is 0 Å². The van der Waals surface area contributed by atoms with E-state index in [1.54, 1.807) is 6.33 Å². The van der Waals surface area contributed by atoms with Crippen LogP contribution in [-0.4, -0.2) is 22.4 Å². The molecule has 1 unspecified atom stereocenters. The number of nitrogens with zero attached hydrogens (tertiary/aromatic N) is 1. The van der Waals surface area contributed by atoms with Crippen molar-refractivity contribution in [2.24, 2.45) is 5.92 Å². The highest BCUT2D eigenvalue weighted by atomic mass is 35.5. The van der Waals surface area contributed by atoms with E-state index >= 15 is 0 Å². The van der Waals surface area contributed by atoms with Crippen LogP contribution in [0.1, 0.15) is 29.8 Å². The number of aryl methyl sites for hydroxylation is 1. The van der Waals surface area contributed by atoms with Gasteiger partial charge >= 0.3 is 0 Å². The summed E-state index contributed by atoms with van der Waals surface area (Å²) in [5, 5.41) is 3.75. The molecule has 0 aliphatic heterocycles. The number of carbonyl (C=O) groups is 1. The lowest BCUT2D eigenvalue weighted by atomic mass is 9.87. The highest BCUT2D eigenvalue weighted by Gasteiger charge is 2.22. The Bertz CT molecular complexity index is 640. The van der Waals surface area contributed by atoms with Crippen LogP contribution in [0.25, 0.3) is 0 Å². The first-order valence-electron chi connectivity index (χ1n) is 7.73. The average molecular weight is 354 g/mol. The smallest absolute Gasteiger partial charge is 0.220 e. The van der Waals surface area contributed by atoms with Gasteiger partial charge < -0.3 is 10.3 Å². The second-order valence-electron chi connectivity index (χ2n) is 5.87. The molecule has 1 amide bonds. The molecule has 0 fully saturated rings.